The largest absolute Gasteiger partial charge is 0.475 e. The normalized spacial score (nSPS) is 40.3. The minimum Gasteiger partial charge on any atom is -0.475 e. The van der Waals surface area contributed by atoms with Crippen LogP contribution in [0, 0.1) is 29.6 Å². The molecule has 104 valence electrons. The monoisotopic (exact) mass is 264 g/mol. The van der Waals surface area contributed by atoms with E-state index in [1.807, 2.05) is 0 Å². The van der Waals surface area contributed by atoms with Gasteiger partial charge in [0.05, 0.1) is 0 Å². The maximum atomic E-state index is 11.2. The average Bonchev–Trinajstić information content (AvgIpc) is 2.30. The lowest BCUT2D eigenvalue weighted by atomic mass is 9.52. The minimum atomic E-state index is -1.14. The Hall–Kier alpha value is -1.32. The van der Waals surface area contributed by atoms with Crippen LogP contribution in [0.1, 0.15) is 39.0 Å². The Kier molecular flexibility index (Phi) is 3.11. The van der Waals surface area contributed by atoms with E-state index in [1.54, 1.807) is 6.08 Å². The van der Waals surface area contributed by atoms with E-state index in [0.717, 1.165) is 11.8 Å². The van der Waals surface area contributed by atoms with Gasteiger partial charge in [0.15, 0.2) is 0 Å². The van der Waals surface area contributed by atoms with Crippen molar-refractivity contribution in [1.82, 2.24) is 0 Å². The van der Waals surface area contributed by atoms with Crippen molar-refractivity contribution in [2.75, 3.05) is 0 Å². The third-order valence-electron chi connectivity index (χ3n) is 5.11. The zero-order valence-corrected chi connectivity index (χ0v) is 11.2. The van der Waals surface area contributed by atoms with Crippen molar-refractivity contribution in [2.24, 2.45) is 29.6 Å². The summed E-state index contributed by atoms with van der Waals surface area (Å²) in [5.74, 6) is 1.33. The molecule has 0 atom stereocenters. The number of rotatable bonds is 3. The number of aliphatic carboxylic acids is 1. The molecule has 0 heterocycles. The van der Waals surface area contributed by atoms with E-state index in [4.69, 9.17) is 9.84 Å². The third kappa shape index (κ3) is 2.40. The quantitative estimate of drug-likeness (QED) is 0.483. The summed E-state index contributed by atoms with van der Waals surface area (Å²) in [6.07, 6.45) is 7.99. The lowest BCUT2D eigenvalue weighted by molar-refractivity contribution is -0.146. The first-order valence-electron chi connectivity index (χ1n) is 7.16. The van der Waals surface area contributed by atoms with E-state index < -0.39 is 11.9 Å². The van der Waals surface area contributed by atoms with Crippen LogP contribution >= 0.6 is 0 Å². The van der Waals surface area contributed by atoms with Gasteiger partial charge in [0, 0.05) is 6.92 Å². The fourth-order valence-corrected chi connectivity index (χ4v) is 4.72. The molecule has 0 radical (unpaired) electrons. The highest BCUT2D eigenvalue weighted by molar-refractivity contribution is 5.87. The number of hydrogen-bond acceptors (Lipinski definition) is 3. The molecule has 4 fully saturated rings. The van der Waals surface area contributed by atoms with Gasteiger partial charge < -0.3 is 9.84 Å². The predicted molar refractivity (Wildman–Crippen MR) is 68.0 cm³/mol. The summed E-state index contributed by atoms with van der Waals surface area (Å²) in [6.45, 7) is 1.24. The molecule has 19 heavy (non-hydrogen) atoms. The van der Waals surface area contributed by atoms with Gasteiger partial charge >= 0.3 is 11.9 Å². The molecule has 4 heteroatoms. The number of allylic oxidation sites excluding steroid dienone is 1. The van der Waals surface area contributed by atoms with Crippen LogP contribution < -0.4 is 0 Å². The molecular formula is C15H20O4. The van der Waals surface area contributed by atoms with Crippen molar-refractivity contribution < 1.29 is 19.4 Å². The second kappa shape index (κ2) is 4.66. The van der Waals surface area contributed by atoms with E-state index >= 15 is 0 Å². The molecule has 4 nitrogen and oxygen atoms in total. The smallest absolute Gasteiger partial charge is 0.371 e. The molecule has 0 spiro atoms. The average molecular weight is 264 g/mol. The molecule has 0 aliphatic heterocycles. The molecule has 0 aromatic rings. The number of esters is 1. The Morgan fingerprint density at radius 2 is 1.58 bits per heavy atom. The molecule has 0 amide bonds. The summed E-state index contributed by atoms with van der Waals surface area (Å²) in [4.78, 5) is 22.1. The van der Waals surface area contributed by atoms with E-state index in [0.29, 0.717) is 17.8 Å². The summed E-state index contributed by atoms with van der Waals surface area (Å²) in [7, 11) is 0. The number of carbonyl (C=O) groups is 2. The zero-order valence-electron chi connectivity index (χ0n) is 11.2. The van der Waals surface area contributed by atoms with Gasteiger partial charge in [-0.3, -0.25) is 4.79 Å². The summed E-state index contributed by atoms with van der Waals surface area (Å²) in [6, 6.07) is 0. The lowest BCUT2D eigenvalue weighted by Gasteiger charge is -2.53. The minimum absolute atomic E-state index is 0.176. The fourth-order valence-electron chi connectivity index (χ4n) is 4.72. The Labute approximate surface area is 112 Å². The number of carboxylic acid groups (broad SMARTS) is 1. The Morgan fingerprint density at radius 1 is 1.05 bits per heavy atom. The first kappa shape index (κ1) is 12.7. The SMILES string of the molecule is CC(=O)O/C(=C\C1C2CC3CC(C2)CC1C3)C(=O)O. The molecule has 4 aliphatic carbocycles. The van der Waals surface area contributed by atoms with Gasteiger partial charge in [0.1, 0.15) is 0 Å². The highest BCUT2D eigenvalue weighted by atomic mass is 16.6. The zero-order chi connectivity index (χ0) is 13.6. The van der Waals surface area contributed by atoms with Crippen LogP contribution in [0.5, 0.6) is 0 Å². The summed E-state index contributed by atoms with van der Waals surface area (Å²) in [5.41, 5.74) is 0. The van der Waals surface area contributed by atoms with Crippen molar-refractivity contribution in [3.63, 3.8) is 0 Å². The van der Waals surface area contributed by atoms with Gasteiger partial charge in [-0.2, -0.15) is 0 Å². The Balaban J connectivity index is 1.81. The van der Waals surface area contributed by atoms with Gasteiger partial charge in [-0.25, -0.2) is 4.79 Å². The van der Waals surface area contributed by atoms with Crippen molar-refractivity contribution in [3.8, 4) is 0 Å². The molecule has 4 saturated carbocycles. The van der Waals surface area contributed by atoms with Gasteiger partial charge in [0.2, 0.25) is 5.76 Å². The first-order valence-corrected chi connectivity index (χ1v) is 7.16. The van der Waals surface area contributed by atoms with Crippen LogP contribution in [0.15, 0.2) is 11.8 Å². The van der Waals surface area contributed by atoms with Crippen molar-refractivity contribution in [1.29, 1.82) is 0 Å². The highest BCUT2D eigenvalue weighted by Gasteiger charge is 2.47. The molecule has 0 aromatic carbocycles. The second-order valence-corrected chi connectivity index (χ2v) is 6.44. The van der Waals surface area contributed by atoms with Crippen molar-refractivity contribution in [3.05, 3.63) is 11.8 Å². The van der Waals surface area contributed by atoms with Gasteiger partial charge in [-0.05, 0) is 67.8 Å². The Morgan fingerprint density at radius 3 is 2.00 bits per heavy atom. The van der Waals surface area contributed by atoms with E-state index in [1.165, 1.54) is 39.0 Å². The van der Waals surface area contributed by atoms with Gasteiger partial charge in [-0.15, -0.1) is 0 Å². The third-order valence-corrected chi connectivity index (χ3v) is 5.11. The van der Waals surface area contributed by atoms with Crippen LogP contribution in [-0.2, 0) is 14.3 Å². The van der Waals surface area contributed by atoms with Crippen molar-refractivity contribution >= 4 is 11.9 Å². The van der Waals surface area contributed by atoms with Crippen LogP contribution in [0.2, 0.25) is 0 Å². The number of ether oxygens (including phenoxy) is 1. The number of carboxylic acids is 1. The van der Waals surface area contributed by atoms with E-state index in [9.17, 15) is 9.59 Å². The summed E-state index contributed by atoms with van der Waals surface area (Å²) < 4.78 is 4.84. The Bertz CT molecular complexity index is 409. The fraction of sp³-hybridized carbons (Fsp3) is 0.733. The molecule has 0 unspecified atom stereocenters. The molecule has 4 rings (SSSR count). The highest BCUT2D eigenvalue weighted by Crippen LogP contribution is 2.57. The van der Waals surface area contributed by atoms with E-state index in [2.05, 4.69) is 0 Å². The molecule has 0 aromatic heterocycles. The van der Waals surface area contributed by atoms with Crippen LogP contribution in [-0.4, -0.2) is 17.0 Å². The first-order chi connectivity index (χ1) is 9.02. The van der Waals surface area contributed by atoms with Crippen LogP contribution in [0.25, 0.3) is 0 Å². The summed E-state index contributed by atoms with van der Waals surface area (Å²) >= 11 is 0. The molecule has 4 aliphatic rings. The molecule has 4 bridgehead atoms. The van der Waals surface area contributed by atoms with Crippen LogP contribution in [0.3, 0.4) is 0 Å². The summed E-state index contributed by atoms with van der Waals surface area (Å²) in [5, 5.41) is 9.13. The van der Waals surface area contributed by atoms with E-state index in [-0.39, 0.29) is 5.76 Å². The second-order valence-electron chi connectivity index (χ2n) is 6.44. The van der Waals surface area contributed by atoms with Crippen LogP contribution in [0.4, 0.5) is 0 Å². The molecular weight excluding hydrogens is 244 g/mol. The lowest BCUT2D eigenvalue weighted by Crippen LogP contribution is -2.44. The maximum Gasteiger partial charge on any atom is 0.371 e. The topological polar surface area (TPSA) is 63.6 Å². The number of hydrogen-bond donors (Lipinski definition) is 1. The van der Waals surface area contributed by atoms with Gasteiger partial charge in [-0.1, -0.05) is 0 Å². The van der Waals surface area contributed by atoms with Gasteiger partial charge in [0.25, 0.3) is 0 Å². The maximum absolute atomic E-state index is 11.2. The molecule has 0 saturated heterocycles. The predicted octanol–water partition coefficient (Wildman–Crippen LogP) is 2.59. The standard InChI is InChI=1S/C15H20O4/c1-8(16)19-14(15(17)18)7-13-11-3-9-2-10(5-11)6-12(13)4-9/h7,9-13H,2-6H2,1H3,(H,17,18)/b14-7-. The molecule has 1 N–H and O–H groups in total. The number of carbonyl (C=O) groups excluding carboxylic acids is 1. The van der Waals surface area contributed by atoms with Crippen molar-refractivity contribution in [2.45, 2.75) is 39.0 Å².